The Hall–Kier alpha value is -4.58. The van der Waals surface area contributed by atoms with Crippen LogP contribution < -0.4 is 10.1 Å². The number of amides is 1. The number of H-pyrrole nitrogens is 1. The monoisotopic (exact) mass is 466 g/mol. The van der Waals surface area contributed by atoms with E-state index >= 15 is 0 Å². The predicted molar refractivity (Wildman–Crippen MR) is 134 cm³/mol. The smallest absolute Gasteiger partial charge is 0.268 e. The van der Waals surface area contributed by atoms with Crippen LogP contribution in [0.2, 0.25) is 0 Å². The predicted octanol–water partition coefficient (Wildman–Crippen LogP) is 6.19. The number of aromatic hydroxyl groups is 1. The molecule has 1 aromatic heterocycles. The van der Waals surface area contributed by atoms with Gasteiger partial charge in [0.1, 0.15) is 29.6 Å². The SMILES string of the molecule is O=C(NCc1cc(O)cc(OCc2ccccc2)c1)c1[nH]c2ccc(F)cc2c1-c1ccccc1. The van der Waals surface area contributed by atoms with E-state index in [1.807, 2.05) is 60.7 Å². The van der Waals surface area contributed by atoms with Crippen LogP contribution in [0.25, 0.3) is 22.0 Å². The second kappa shape index (κ2) is 9.73. The summed E-state index contributed by atoms with van der Waals surface area (Å²) in [5.74, 6) is -0.158. The average molecular weight is 467 g/mol. The number of phenols is 1. The molecule has 0 saturated heterocycles. The van der Waals surface area contributed by atoms with Gasteiger partial charge in [-0.2, -0.15) is 0 Å². The zero-order valence-corrected chi connectivity index (χ0v) is 18.8. The lowest BCUT2D eigenvalue weighted by molar-refractivity contribution is 0.0947. The van der Waals surface area contributed by atoms with E-state index in [2.05, 4.69) is 10.3 Å². The Morgan fingerprint density at radius 3 is 2.40 bits per heavy atom. The van der Waals surface area contributed by atoms with E-state index in [9.17, 15) is 14.3 Å². The Morgan fingerprint density at radius 1 is 0.886 bits per heavy atom. The molecule has 0 spiro atoms. The number of carbonyl (C=O) groups excluding carboxylic acids is 1. The van der Waals surface area contributed by atoms with Crippen molar-refractivity contribution in [2.75, 3.05) is 0 Å². The lowest BCUT2D eigenvalue weighted by Gasteiger charge is -2.11. The first kappa shape index (κ1) is 22.2. The summed E-state index contributed by atoms with van der Waals surface area (Å²) >= 11 is 0. The molecule has 1 heterocycles. The fraction of sp³-hybridized carbons (Fsp3) is 0.0690. The summed E-state index contributed by atoms with van der Waals surface area (Å²) < 4.78 is 19.8. The maximum absolute atomic E-state index is 14.0. The van der Waals surface area contributed by atoms with Crippen molar-refractivity contribution in [3.63, 3.8) is 0 Å². The molecule has 174 valence electrons. The van der Waals surface area contributed by atoms with Crippen LogP contribution in [0.15, 0.2) is 97.1 Å². The Balaban J connectivity index is 1.37. The van der Waals surface area contributed by atoms with Crippen molar-refractivity contribution in [1.82, 2.24) is 10.3 Å². The number of hydrogen-bond acceptors (Lipinski definition) is 3. The molecule has 0 fully saturated rings. The largest absolute Gasteiger partial charge is 0.508 e. The number of fused-ring (bicyclic) bond motifs is 1. The third-order valence-electron chi connectivity index (χ3n) is 5.70. The lowest BCUT2D eigenvalue weighted by Crippen LogP contribution is -2.23. The molecule has 5 rings (SSSR count). The number of aromatic nitrogens is 1. The molecule has 4 aromatic carbocycles. The highest BCUT2D eigenvalue weighted by Gasteiger charge is 2.19. The van der Waals surface area contributed by atoms with Crippen molar-refractivity contribution in [3.05, 3.63) is 120 Å². The minimum absolute atomic E-state index is 0.0471. The van der Waals surface area contributed by atoms with Gasteiger partial charge in [0.05, 0.1) is 0 Å². The fourth-order valence-electron chi connectivity index (χ4n) is 4.08. The second-order valence-electron chi connectivity index (χ2n) is 8.22. The molecule has 35 heavy (non-hydrogen) atoms. The van der Waals surface area contributed by atoms with Crippen molar-refractivity contribution >= 4 is 16.8 Å². The number of ether oxygens (including phenoxy) is 1. The van der Waals surface area contributed by atoms with Gasteiger partial charge in [-0.05, 0) is 47.0 Å². The molecular formula is C29H23FN2O3. The molecule has 0 radical (unpaired) electrons. The van der Waals surface area contributed by atoms with Crippen LogP contribution in [0, 0.1) is 5.82 Å². The number of carbonyl (C=O) groups is 1. The Labute approximate surface area is 201 Å². The zero-order chi connectivity index (χ0) is 24.2. The molecule has 3 N–H and O–H groups in total. The van der Waals surface area contributed by atoms with Crippen LogP contribution >= 0.6 is 0 Å². The number of benzene rings is 4. The molecule has 0 atom stereocenters. The van der Waals surface area contributed by atoms with Crippen molar-refractivity contribution in [3.8, 4) is 22.6 Å². The third kappa shape index (κ3) is 5.01. The van der Waals surface area contributed by atoms with E-state index in [0.29, 0.717) is 40.1 Å². The quantitative estimate of drug-likeness (QED) is 0.268. The molecule has 6 heteroatoms. The van der Waals surface area contributed by atoms with Gasteiger partial charge in [-0.3, -0.25) is 4.79 Å². The van der Waals surface area contributed by atoms with Crippen LogP contribution in [0.5, 0.6) is 11.5 Å². The molecule has 0 bridgehead atoms. The van der Waals surface area contributed by atoms with E-state index in [0.717, 1.165) is 11.1 Å². The molecule has 5 aromatic rings. The molecular weight excluding hydrogens is 443 g/mol. The van der Waals surface area contributed by atoms with Crippen molar-refractivity contribution < 1.29 is 19.0 Å². The zero-order valence-electron chi connectivity index (χ0n) is 18.8. The number of aromatic amines is 1. The normalized spacial score (nSPS) is 10.9. The Bertz CT molecular complexity index is 1480. The molecule has 0 aliphatic rings. The molecule has 1 amide bonds. The van der Waals surface area contributed by atoms with Crippen molar-refractivity contribution in [1.29, 1.82) is 0 Å². The van der Waals surface area contributed by atoms with Gasteiger partial charge in [-0.15, -0.1) is 0 Å². The molecule has 0 unspecified atom stereocenters. The van der Waals surface area contributed by atoms with Gasteiger partial charge in [0.15, 0.2) is 0 Å². The maximum Gasteiger partial charge on any atom is 0.268 e. The number of halogens is 1. The first-order chi connectivity index (χ1) is 17.1. The summed E-state index contributed by atoms with van der Waals surface area (Å²) in [7, 11) is 0. The number of hydrogen-bond donors (Lipinski definition) is 3. The van der Waals surface area contributed by atoms with E-state index in [-0.39, 0.29) is 24.0 Å². The molecule has 5 nitrogen and oxygen atoms in total. The molecule has 0 aliphatic carbocycles. The van der Waals surface area contributed by atoms with Crippen molar-refractivity contribution in [2.24, 2.45) is 0 Å². The summed E-state index contributed by atoms with van der Waals surface area (Å²) in [6, 6.07) is 28.4. The minimum Gasteiger partial charge on any atom is -0.508 e. The molecule has 0 saturated carbocycles. The number of nitrogens with one attached hydrogen (secondary N) is 2. The topological polar surface area (TPSA) is 74.3 Å². The van der Waals surface area contributed by atoms with Crippen LogP contribution in [-0.2, 0) is 13.2 Å². The van der Waals surface area contributed by atoms with E-state index < -0.39 is 0 Å². The van der Waals surface area contributed by atoms with Crippen molar-refractivity contribution in [2.45, 2.75) is 13.2 Å². The highest BCUT2D eigenvalue weighted by Crippen LogP contribution is 2.33. The van der Waals surface area contributed by atoms with E-state index in [1.165, 1.54) is 18.2 Å². The summed E-state index contributed by atoms with van der Waals surface area (Å²) in [6.45, 7) is 0.537. The van der Waals surface area contributed by atoms with E-state index in [4.69, 9.17) is 4.74 Å². The number of phenolic OH excluding ortho intramolecular Hbond substituents is 1. The third-order valence-corrected chi connectivity index (χ3v) is 5.70. The Morgan fingerprint density at radius 2 is 1.63 bits per heavy atom. The highest BCUT2D eigenvalue weighted by atomic mass is 19.1. The van der Waals surface area contributed by atoms with Gasteiger partial charge < -0.3 is 20.1 Å². The van der Waals surface area contributed by atoms with E-state index in [1.54, 1.807) is 18.2 Å². The van der Waals surface area contributed by atoms with Crippen LogP contribution in [0.4, 0.5) is 4.39 Å². The van der Waals surface area contributed by atoms with Gasteiger partial charge >= 0.3 is 0 Å². The van der Waals surface area contributed by atoms with Gasteiger partial charge in [-0.25, -0.2) is 4.39 Å². The second-order valence-corrected chi connectivity index (χ2v) is 8.22. The summed E-state index contributed by atoms with van der Waals surface area (Å²) in [4.78, 5) is 16.4. The van der Waals surface area contributed by atoms with Crippen LogP contribution in [0.3, 0.4) is 0 Å². The summed E-state index contributed by atoms with van der Waals surface area (Å²) in [5.41, 5.74) is 4.16. The van der Waals surface area contributed by atoms with Gasteiger partial charge in [-0.1, -0.05) is 60.7 Å². The summed E-state index contributed by atoms with van der Waals surface area (Å²) in [5, 5.41) is 13.7. The maximum atomic E-state index is 14.0. The minimum atomic E-state index is -0.372. The number of rotatable bonds is 7. The first-order valence-electron chi connectivity index (χ1n) is 11.2. The fourth-order valence-corrected chi connectivity index (χ4v) is 4.08. The van der Waals surface area contributed by atoms with Gasteiger partial charge in [0.2, 0.25) is 0 Å². The summed E-state index contributed by atoms with van der Waals surface area (Å²) in [6.07, 6.45) is 0. The highest BCUT2D eigenvalue weighted by molar-refractivity contribution is 6.09. The van der Waals surface area contributed by atoms with Crippen LogP contribution in [0.1, 0.15) is 21.6 Å². The van der Waals surface area contributed by atoms with Gasteiger partial charge in [0, 0.05) is 29.1 Å². The standard InChI is InChI=1S/C29H23FN2O3/c30-22-11-12-26-25(15-22)27(21-9-5-2-6-10-21)28(32-26)29(34)31-17-20-13-23(33)16-24(14-20)35-18-19-7-3-1-4-8-19/h1-16,32-33H,17-18H2,(H,31,34). The molecule has 0 aliphatic heterocycles. The average Bonchev–Trinajstić information content (AvgIpc) is 3.25. The van der Waals surface area contributed by atoms with Crippen LogP contribution in [-0.4, -0.2) is 16.0 Å². The van der Waals surface area contributed by atoms with Gasteiger partial charge in [0.25, 0.3) is 5.91 Å². The first-order valence-corrected chi connectivity index (χ1v) is 11.2. The Kier molecular flexibility index (Phi) is 6.18. The lowest BCUT2D eigenvalue weighted by atomic mass is 10.0.